The van der Waals surface area contributed by atoms with Gasteiger partial charge in [-0.1, -0.05) is 6.07 Å². The van der Waals surface area contributed by atoms with E-state index in [0.717, 1.165) is 30.2 Å². The van der Waals surface area contributed by atoms with E-state index in [1.54, 1.807) is 7.11 Å². The van der Waals surface area contributed by atoms with Crippen molar-refractivity contribution >= 4 is 11.4 Å². The number of ether oxygens (including phenoxy) is 1. The zero-order valence-corrected chi connectivity index (χ0v) is 10.8. The number of methoxy groups -OCH3 is 1. The number of likely N-dealkylation sites (N-methyl/N-ethyl adjacent to an activating group) is 1. The normalized spacial score (nSPS) is 20.0. The first-order chi connectivity index (χ1) is 8.13. The summed E-state index contributed by atoms with van der Waals surface area (Å²) in [7, 11) is 5.91. The molecule has 1 heterocycles. The van der Waals surface area contributed by atoms with Crippen molar-refractivity contribution in [1.29, 1.82) is 0 Å². The first-order valence-corrected chi connectivity index (χ1v) is 5.97. The summed E-state index contributed by atoms with van der Waals surface area (Å²) in [6.45, 7) is 2.09. The van der Waals surface area contributed by atoms with Crippen molar-refractivity contribution in [2.75, 3.05) is 44.9 Å². The van der Waals surface area contributed by atoms with E-state index in [2.05, 4.69) is 30.0 Å². The van der Waals surface area contributed by atoms with Crippen LogP contribution in [0.4, 0.5) is 11.4 Å². The Bertz CT molecular complexity index is 392. The number of nitrogens with zero attached hydrogens (tertiary/aromatic N) is 2. The fourth-order valence-corrected chi connectivity index (χ4v) is 2.37. The van der Waals surface area contributed by atoms with Gasteiger partial charge in [0.1, 0.15) is 5.75 Å². The highest BCUT2D eigenvalue weighted by atomic mass is 16.5. The van der Waals surface area contributed by atoms with Gasteiger partial charge < -0.3 is 20.3 Å². The molecule has 1 unspecified atom stereocenters. The fourth-order valence-electron chi connectivity index (χ4n) is 2.37. The molecule has 0 bridgehead atoms. The summed E-state index contributed by atoms with van der Waals surface area (Å²) in [5.74, 6) is 0.760. The van der Waals surface area contributed by atoms with Crippen molar-refractivity contribution in [2.45, 2.75) is 12.5 Å². The Hall–Kier alpha value is -1.42. The van der Waals surface area contributed by atoms with Gasteiger partial charge in [0.2, 0.25) is 0 Å². The van der Waals surface area contributed by atoms with Crippen molar-refractivity contribution in [3.63, 3.8) is 0 Å². The molecule has 0 aliphatic carbocycles. The van der Waals surface area contributed by atoms with Gasteiger partial charge in [0.15, 0.2) is 0 Å². The van der Waals surface area contributed by atoms with E-state index in [9.17, 15) is 0 Å². The van der Waals surface area contributed by atoms with Gasteiger partial charge in [-0.2, -0.15) is 0 Å². The van der Waals surface area contributed by atoms with Gasteiger partial charge in [-0.05, 0) is 32.6 Å². The number of rotatable bonds is 3. The minimum absolute atomic E-state index is 0.612. The van der Waals surface area contributed by atoms with Crippen molar-refractivity contribution in [3.8, 4) is 5.75 Å². The first kappa shape index (κ1) is 12.0. The lowest BCUT2D eigenvalue weighted by Crippen LogP contribution is -2.31. The topological polar surface area (TPSA) is 41.7 Å². The number of benzene rings is 1. The molecule has 0 spiro atoms. The Morgan fingerprint density at radius 3 is 2.76 bits per heavy atom. The first-order valence-electron chi connectivity index (χ1n) is 5.97. The maximum absolute atomic E-state index is 6.11. The largest absolute Gasteiger partial charge is 0.495 e. The summed E-state index contributed by atoms with van der Waals surface area (Å²) in [5.41, 5.74) is 7.95. The SMILES string of the molecule is COc1cccc(N2CCC(N(C)C)C2)c1N. The van der Waals surface area contributed by atoms with E-state index in [1.165, 1.54) is 6.42 Å². The molecule has 4 heteroatoms. The fraction of sp³-hybridized carbons (Fsp3) is 0.538. The molecule has 1 fully saturated rings. The molecule has 1 aliphatic rings. The second-order valence-electron chi connectivity index (χ2n) is 4.75. The molecule has 1 aliphatic heterocycles. The van der Waals surface area contributed by atoms with Crippen LogP contribution in [0.15, 0.2) is 18.2 Å². The lowest BCUT2D eigenvalue weighted by molar-refractivity contribution is 0.315. The quantitative estimate of drug-likeness (QED) is 0.805. The summed E-state index contributed by atoms with van der Waals surface area (Å²) in [6, 6.07) is 6.57. The van der Waals surface area contributed by atoms with E-state index >= 15 is 0 Å². The van der Waals surface area contributed by atoms with Gasteiger partial charge in [0, 0.05) is 19.1 Å². The number of anilines is 2. The van der Waals surface area contributed by atoms with Gasteiger partial charge >= 0.3 is 0 Å². The highest BCUT2D eigenvalue weighted by molar-refractivity contribution is 5.74. The molecule has 94 valence electrons. The Morgan fingerprint density at radius 1 is 1.41 bits per heavy atom. The Kier molecular flexibility index (Phi) is 3.43. The van der Waals surface area contributed by atoms with Crippen LogP contribution in [0, 0.1) is 0 Å². The van der Waals surface area contributed by atoms with E-state index < -0.39 is 0 Å². The summed E-state index contributed by atoms with van der Waals surface area (Å²) in [5, 5.41) is 0. The molecular formula is C13H21N3O. The highest BCUT2D eigenvalue weighted by Crippen LogP contribution is 2.34. The molecule has 4 nitrogen and oxygen atoms in total. The van der Waals surface area contributed by atoms with E-state index in [0.29, 0.717) is 6.04 Å². The van der Waals surface area contributed by atoms with Gasteiger partial charge in [0.05, 0.1) is 18.5 Å². The highest BCUT2D eigenvalue weighted by Gasteiger charge is 2.25. The van der Waals surface area contributed by atoms with Crippen molar-refractivity contribution in [1.82, 2.24) is 4.90 Å². The molecule has 0 aromatic heterocycles. The number of para-hydroxylation sites is 1. The maximum Gasteiger partial charge on any atom is 0.143 e. The third-order valence-corrected chi connectivity index (χ3v) is 3.50. The van der Waals surface area contributed by atoms with Crippen LogP contribution in [0.25, 0.3) is 0 Å². The molecule has 1 saturated heterocycles. The molecule has 0 radical (unpaired) electrons. The number of hydrogen-bond acceptors (Lipinski definition) is 4. The third kappa shape index (κ3) is 2.31. The lowest BCUT2D eigenvalue weighted by atomic mass is 10.2. The van der Waals surface area contributed by atoms with Gasteiger partial charge in [0.25, 0.3) is 0 Å². The van der Waals surface area contributed by atoms with Crippen LogP contribution in [-0.2, 0) is 0 Å². The summed E-state index contributed by atoms with van der Waals surface area (Å²) >= 11 is 0. The molecule has 1 atom stereocenters. The standard InChI is InChI=1S/C13H21N3O/c1-15(2)10-7-8-16(9-10)11-5-4-6-12(17-3)13(11)14/h4-6,10H,7-9,14H2,1-3H3. The van der Waals surface area contributed by atoms with Gasteiger partial charge in [-0.15, -0.1) is 0 Å². The summed E-state index contributed by atoms with van der Waals surface area (Å²) in [4.78, 5) is 4.61. The average molecular weight is 235 g/mol. The summed E-state index contributed by atoms with van der Waals surface area (Å²) < 4.78 is 5.26. The van der Waals surface area contributed by atoms with Crippen LogP contribution in [0.1, 0.15) is 6.42 Å². The molecule has 17 heavy (non-hydrogen) atoms. The molecule has 0 saturated carbocycles. The van der Waals surface area contributed by atoms with Crippen LogP contribution >= 0.6 is 0 Å². The monoisotopic (exact) mass is 235 g/mol. The number of nitrogen functional groups attached to an aromatic ring is 1. The van der Waals surface area contributed by atoms with E-state index in [-0.39, 0.29) is 0 Å². The average Bonchev–Trinajstić information content (AvgIpc) is 2.78. The van der Waals surface area contributed by atoms with Crippen LogP contribution < -0.4 is 15.4 Å². The van der Waals surface area contributed by atoms with Crippen molar-refractivity contribution in [2.24, 2.45) is 0 Å². The lowest BCUT2D eigenvalue weighted by Gasteiger charge is -2.23. The Labute approximate surface area is 103 Å². The Balaban J connectivity index is 2.19. The van der Waals surface area contributed by atoms with Crippen molar-refractivity contribution < 1.29 is 4.74 Å². The maximum atomic E-state index is 6.11. The smallest absolute Gasteiger partial charge is 0.143 e. The van der Waals surface area contributed by atoms with Crippen LogP contribution in [0.3, 0.4) is 0 Å². The minimum Gasteiger partial charge on any atom is -0.495 e. The van der Waals surface area contributed by atoms with E-state index in [4.69, 9.17) is 10.5 Å². The van der Waals surface area contributed by atoms with Crippen LogP contribution in [0.5, 0.6) is 5.75 Å². The predicted molar refractivity (Wildman–Crippen MR) is 71.7 cm³/mol. The van der Waals surface area contributed by atoms with Crippen molar-refractivity contribution in [3.05, 3.63) is 18.2 Å². The number of nitrogens with two attached hydrogens (primary N) is 1. The third-order valence-electron chi connectivity index (χ3n) is 3.50. The molecule has 2 rings (SSSR count). The Morgan fingerprint density at radius 2 is 2.18 bits per heavy atom. The summed E-state index contributed by atoms with van der Waals surface area (Å²) in [6.07, 6.45) is 1.18. The second-order valence-corrected chi connectivity index (χ2v) is 4.75. The van der Waals surface area contributed by atoms with Gasteiger partial charge in [-0.25, -0.2) is 0 Å². The van der Waals surface area contributed by atoms with E-state index in [1.807, 2.05) is 12.1 Å². The molecule has 1 aromatic rings. The zero-order chi connectivity index (χ0) is 12.4. The van der Waals surface area contributed by atoms with Crippen LogP contribution in [0.2, 0.25) is 0 Å². The molecular weight excluding hydrogens is 214 g/mol. The molecule has 0 amide bonds. The molecule has 2 N–H and O–H groups in total. The zero-order valence-electron chi connectivity index (χ0n) is 10.8. The van der Waals surface area contributed by atoms with Crippen LogP contribution in [-0.4, -0.2) is 45.2 Å². The minimum atomic E-state index is 0.612. The molecule has 1 aromatic carbocycles. The number of hydrogen-bond donors (Lipinski definition) is 1. The predicted octanol–water partition coefficient (Wildman–Crippen LogP) is 1.42. The second kappa shape index (κ2) is 4.84. The van der Waals surface area contributed by atoms with Gasteiger partial charge in [-0.3, -0.25) is 0 Å².